The number of benzene rings is 1. The lowest BCUT2D eigenvalue weighted by Crippen LogP contribution is -2.04. The van der Waals surface area contributed by atoms with Gasteiger partial charge in [-0.1, -0.05) is 66.2 Å². The summed E-state index contributed by atoms with van der Waals surface area (Å²) in [5.41, 5.74) is 3.59. The average Bonchev–Trinajstić information content (AvgIpc) is 3.34. The molecule has 1 aromatic rings. The topological polar surface area (TPSA) is 40.5 Å². The molecule has 0 amide bonds. The van der Waals surface area contributed by atoms with Crippen molar-refractivity contribution in [1.82, 2.24) is 0 Å². The zero-order valence-electron chi connectivity index (χ0n) is 18.9. The highest BCUT2D eigenvalue weighted by Crippen LogP contribution is 2.49. The number of phenols is 2. The Balaban J connectivity index is 1.70. The van der Waals surface area contributed by atoms with E-state index in [4.69, 9.17) is 0 Å². The van der Waals surface area contributed by atoms with Gasteiger partial charge in [0.1, 0.15) is 0 Å². The Morgan fingerprint density at radius 1 is 0.750 bits per heavy atom. The predicted octanol–water partition coefficient (Wildman–Crippen LogP) is 7.93. The molecule has 2 nitrogen and oxygen atoms in total. The van der Waals surface area contributed by atoms with Crippen LogP contribution in [0, 0.1) is 10.8 Å². The van der Waals surface area contributed by atoms with Crippen molar-refractivity contribution < 1.29 is 10.2 Å². The lowest BCUT2D eigenvalue weighted by molar-refractivity contribution is 0.357. The van der Waals surface area contributed by atoms with Gasteiger partial charge < -0.3 is 10.2 Å². The maximum atomic E-state index is 9.93. The van der Waals surface area contributed by atoms with E-state index in [2.05, 4.69) is 27.7 Å². The molecule has 0 saturated heterocycles. The zero-order chi connectivity index (χ0) is 20.6. The third kappa shape index (κ3) is 8.88. The molecule has 0 unspecified atom stereocenters. The monoisotopic (exact) mass is 388 g/mol. The molecule has 1 fully saturated rings. The average molecular weight is 389 g/mol. The summed E-state index contributed by atoms with van der Waals surface area (Å²) in [5.74, 6) is 0.0646. The fraction of sp³-hybridized carbons (Fsp3) is 0.769. The van der Waals surface area contributed by atoms with Crippen LogP contribution in [0.25, 0.3) is 0 Å². The van der Waals surface area contributed by atoms with Crippen LogP contribution < -0.4 is 0 Å². The second kappa shape index (κ2) is 10.6. The number of rotatable bonds is 13. The maximum absolute atomic E-state index is 9.93. The Morgan fingerprint density at radius 2 is 1.21 bits per heavy atom. The van der Waals surface area contributed by atoms with E-state index in [1.165, 1.54) is 88.2 Å². The second-order valence-corrected chi connectivity index (χ2v) is 10.8. The van der Waals surface area contributed by atoms with Gasteiger partial charge in [0.25, 0.3) is 0 Å². The van der Waals surface area contributed by atoms with E-state index < -0.39 is 0 Å². The van der Waals surface area contributed by atoms with E-state index in [1.807, 2.05) is 0 Å². The molecule has 2 rings (SSSR count). The van der Waals surface area contributed by atoms with Crippen molar-refractivity contribution in [3.05, 3.63) is 23.3 Å². The smallest absolute Gasteiger partial charge is 0.157 e. The van der Waals surface area contributed by atoms with E-state index in [1.54, 1.807) is 12.1 Å². The molecule has 1 aliphatic rings. The van der Waals surface area contributed by atoms with Gasteiger partial charge in [-0.15, -0.1) is 0 Å². The summed E-state index contributed by atoms with van der Waals surface area (Å²) in [7, 11) is 0. The molecular weight excluding hydrogens is 344 g/mol. The fourth-order valence-corrected chi connectivity index (χ4v) is 4.14. The molecule has 0 spiro atoms. The van der Waals surface area contributed by atoms with Gasteiger partial charge in [0.05, 0.1) is 0 Å². The van der Waals surface area contributed by atoms with Crippen molar-refractivity contribution in [2.45, 2.75) is 118 Å². The van der Waals surface area contributed by atoms with Crippen molar-refractivity contribution in [1.29, 1.82) is 0 Å². The van der Waals surface area contributed by atoms with Gasteiger partial charge in [0, 0.05) is 0 Å². The Bertz CT molecular complexity index is 551. The standard InChI is InChI=1S/C26H44O2/c1-25(2,3)15-11-7-5-9-13-21-19-23(27)24(28)20-22(21)14-10-6-8-12-16-26(4)17-18-26/h19-20,27-28H,5-18H2,1-4H3. The van der Waals surface area contributed by atoms with Gasteiger partial charge >= 0.3 is 0 Å². The van der Waals surface area contributed by atoms with Crippen LogP contribution in [-0.2, 0) is 12.8 Å². The lowest BCUT2D eigenvalue weighted by atomic mass is 9.89. The van der Waals surface area contributed by atoms with Crippen molar-refractivity contribution in [2.75, 3.05) is 0 Å². The number of hydrogen-bond acceptors (Lipinski definition) is 2. The minimum absolute atomic E-state index is 0.0316. The van der Waals surface area contributed by atoms with E-state index in [9.17, 15) is 10.2 Å². The largest absolute Gasteiger partial charge is 0.504 e. The predicted molar refractivity (Wildman–Crippen MR) is 120 cm³/mol. The van der Waals surface area contributed by atoms with Gasteiger partial charge in [-0.25, -0.2) is 0 Å². The van der Waals surface area contributed by atoms with Crippen molar-refractivity contribution in [3.8, 4) is 11.5 Å². The first-order valence-electron chi connectivity index (χ1n) is 11.7. The molecular formula is C26H44O2. The van der Waals surface area contributed by atoms with Gasteiger partial charge in [-0.2, -0.15) is 0 Å². The summed E-state index contributed by atoms with van der Waals surface area (Å²) < 4.78 is 0. The quantitative estimate of drug-likeness (QED) is 0.266. The van der Waals surface area contributed by atoms with Crippen LogP contribution in [0.4, 0.5) is 0 Å². The summed E-state index contributed by atoms with van der Waals surface area (Å²) in [6.07, 6.45) is 17.7. The number of phenolic OH excluding ortho intramolecular Hbond substituents is 2. The SMILES string of the molecule is CC(C)(C)CCCCCCc1cc(O)c(O)cc1CCCCCCC1(C)CC1. The minimum atomic E-state index is 0.0316. The summed E-state index contributed by atoms with van der Waals surface area (Å²) in [4.78, 5) is 0. The summed E-state index contributed by atoms with van der Waals surface area (Å²) >= 11 is 0. The molecule has 0 aliphatic heterocycles. The number of unbranched alkanes of at least 4 members (excludes halogenated alkanes) is 6. The first kappa shape index (κ1) is 23.1. The molecule has 1 aromatic carbocycles. The van der Waals surface area contributed by atoms with Crippen molar-refractivity contribution >= 4 is 0 Å². The highest BCUT2D eigenvalue weighted by atomic mass is 16.3. The molecule has 1 aliphatic carbocycles. The van der Waals surface area contributed by atoms with Crippen LogP contribution in [0.1, 0.15) is 116 Å². The Morgan fingerprint density at radius 3 is 1.68 bits per heavy atom. The maximum Gasteiger partial charge on any atom is 0.157 e. The molecule has 0 heterocycles. The highest BCUT2D eigenvalue weighted by molar-refractivity contribution is 5.45. The zero-order valence-corrected chi connectivity index (χ0v) is 18.9. The third-order valence-electron chi connectivity index (χ3n) is 6.50. The van der Waals surface area contributed by atoms with Gasteiger partial charge in [-0.05, 0) is 85.5 Å². The van der Waals surface area contributed by atoms with E-state index in [0.29, 0.717) is 10.8 Å². The third-order valence-corrected chi connectivity index (χ3v) is 6.50. The summed E-state index contributed by atoms with van der Waals surface area (Å²) in [6, 6.07) is 3.60. The summed E-state index contributed by atoms with van der Waals surface area (Å²) in [5, 5.41) is 19.9. The summed E-state index contributed by atoms with van der Waals surface area (Å²) in [6.45, 7) is 9.35. The second-order valence-electron chi connectivity index (χ2n) is 10.8. The van der Waals surface area contributed by atoms with E-state index >= 15 is 0 Å². The van der Waals surface area contributed by atoms with Crippen LogP contribution in [0.2, 0.25) is 0 Å². The molecule has 160 valence electrons. The molecule has 0 aromatic heterocycles. The molecule has 1 saturated carbocycles. The molecule has 0 atom stereocenters. The van der Waals surface area contributed by atoms with E-state index in [0.717, 1.165) is 12.8 Å². The van der Waals surface area contributed by atoms with Crippen LogP contribution >= 0.6 is 0 Å². The van der Waals surface area contributed by atoms with Gasteiger partial charge in [0.15, 0.2) is 11.5 Å². The number of aryl methyl sites for hydroxylation is 2. The number of hydrogen-bond donors (Lipinski definition) is 2. The van der Waals surface area contributed by atoms with E-state index in [-0.39, 0.29) is 11.5 Å². The molecule has 2 N–H and O–H groups in total. The first-order chi connectivity index (χ1) is 13.2. The van der Waals surface area contributed by atoms with Crippen molar-refractivity contribution in [2.24, 2.45) is 10.8 Å². The fourth-order valence-electron chi connectivity index (χ4n) is 4.14. The van der Waals surface area contributed by atoms with Crippen LogP contribution in [-0.4, -0.2) is 10.2 Å². The van der Waals surface area contributed by atoms with Gasteiger partial charge in [0.2, 0.25) is 0 Å². The molecule has 28 heavy (non-hydrogen) atoms. The molecule has 0 radical (unpaired) electrons. The Labute approximate surface area is 173 Å². The van der Waals surface area contributed by atoms with Gasteiger partial charge in [-0.3, -0.25) is 0 Å². The lowest BCUT2D eigenvalue weighted by Gasteiger charge is -2.17. The molecule has 0 bridgehead atoms. The normalized spacial score (nSPS) is 15.7. The van der Waals surface area contributed by atoms with Crippen LogP contribution in [0.5, 0.6) is 11.5 Å². The highest BCUT2D eigenvalue weighted by Gasteiger charge is 2.35. The van der Waals surface area contributed by atoms with Crippen LogP contribution in [0.3, 0.4) is 0 Å². The number of aromatic hydroxyl groups is 2. The Kier molecular flexibility index (Phi) is 8.71. The molecule has 2 heteroatoms. The minimum Gasteiger partial charge on any atom is -0.504 e. The Hall–Kier alpha value is -1.18. The van der Waals surface area contributed by atoms with Crippen molar-refractivity contribution in [3.63, 3.8) is 0 Å². The first-order valence-corrected chi connectivity index (χ1v) is 11.7. The van der Waals surface area contributed by atoms with Crippen LogP contribution in [0.15, 0.2) is 12.1 Å².